The van der Waals surface area contributed by atoms with Crippen LogP contribution in [0.25, 0.3) is 0 Å². The monoisotopic (exact) mass is 360 g/mol. The largest absolute Gasteiger partial charge is 0.444 e. The van der Waals surface area contributed by atoms with Crippen LogP contribution >= 0.6 is 0 Å². The van der Waals surface area contributed by atoms with Crippen molar-refractivity contribution in [2.24, 2.45) is 10.9 Å². The summed E-state index contributed by atoms with van der Waals surface area (Å²) in [7, 11) is 0. The third-order valence-electron chi connectivity index (χ3n) is 4.48. The van der Waals surface area contributed by atoms with Gasteiger partial charge in [-0.3, -0.25) is 15.1 Å². The first-order valence-corrected chi connectivity index (χ1v) is 8.80. The topological polar surface area (TPSA) is 97.1 Å². The minimum atomic E-state index is -0.500. The minimum absolute atomic E-state index is 0.0439. The molecule has 0 radical (unpaired) electrons. The van der Waals surface area contributed by atoms with Crippen molar-refractivity contribution in [1.29, 1.82) is 0 Å². The number of hydrogen-bond acceptors (Lipinski definition) is 6. The number of nitrogens with zero attached hydrogens (tertiary/aromatic N) is 3. The van der Waals surface area contributed by atoms with Crippen LogP contribution in [0.1, 0.15) is 33.6 Å². The number of likely N-dealkylation sites (tertiary alicyclic amines) is 1. The molecule has 1 saturated heterocycles. The SMILES string of the molecule is CC(C)(C)OC(=O)N1CCC(C2=NC3C=CC=C([N+](=O)[O-])C=C3N2)CC1. The second kappa shape index (κ2) is 6.93. The summed E-state index contributed by atoms with van der Waals surface area (Å²) in [6, 6.07) is -0.206. The summed E-state index contributed by atoms with van der Waals surface area (Å²) < 4.78 is 5.42. The summed E-state index contributed by atoms with van der Waals surface area (Å²) in [5.41, 5.74) is 0.272. The zero-order valence-electron chi connectivity index (χ0n) is 15.3. The second-order valence-corrected chi connectivity index (χ2v) is 7.66. The van der Waals surface area contributed by atoms with Gasteiger partial charge in [-0.1, -0.05) is 12.2 Å². The highest BCUT2D eigenvalue weighted by Gasteiger charge is 2.33. The number of ether oxygens (including phenoxy) is 1. The highest BCUT2D eigenvalue weighted by molar-refractivity contribution is 5.89. The van der Waals surface area contributed by atoms with Crippen LogP contribution < -0.4 is 5.32 Å². The van der Waals surface area contributed by atoms with Crippen molar-refractivity contribution >= 4 is 11.9 Å². The summed E-state index contributed by atoms with van der Waals surface area (Å²) in [5, 5.41) is 14.3. The normalized spacial score (nSPS) is 23.3. The van der Waals surface area contributed by atoms with Gasteiger partial charge in [-0.25, -0.2) is 4.79 Å². The molecule has 140 valence electrons. The quantitative estimate of drug-likeness (QED) is 0.603. The summed E-state index contributed by atoms with van der Waals surface area (Å²) in [6.45, 7) is 6.79. The fraction of sp³-hybridized carbons (Fsp3) is 0.556. The Bertz CT molecular complexity index is 722. The van der Waals surface area contributed by atoms with Crippen LogP contribution in [0.4, 0.5) is 4.79 Å². The lowest BCUT2D eigenvalue weighted by Gasteiger charge is -2.33. The average molecular weight is 360 g/mol. The molecule has 0 spiro atoms. The number of allylic oxidation sites excluding steroid dienone is 3. The Labute approximate surface area is 152 Å². The number of piperidine rings is 1. The maximum Gasteiger partial charge on any atom is 0.410 e. The van der Waals surface area contributed by atoms with E-state index in [0.717, 1.165) is 24.4 Å². The van der Waals surface area contributed by atoms with E-state index in [2.05, 4.69) is 10.3 Å². The molecule has 1 aliphatic carbocycles. The van der Waals surface area contributed by atoms with Gasteiger partial charge in [0.1, 0.15) is 17.5 Å². The lowest BCUT2D eigenvalue weighted by Crippen LogP contribution is -2.44. The van der Waals surface area contributed by atoms with Crippen LogP contribution in [-0.2, 0) is 4.74 Å². The molecule has 1 atom stereocenters. The summed E-state index contributed by atoms with van der Waals surface area (Å²) in [5.74, 6) is 1.05. The third kappa shape index (κ3) is 4.12. The number of carbonyl (C=O) groups is 1. The first kappa shape index (κ1) is 18.2. The molecule has 2 heterocycles. The first-order valence-electron chi connectivity index (χ1n) is 8.80. The predicted molar refractivity (Wildman–Crippen MR) is 97.2 cm³/mol. The van der Waals surface area contributed by atoms with Gasteiger partial charge in [0, 0.05) is 31.2 Å². The molecule has 1 N–H and O–H groups in total. The van der Waals surface area contributed by atoms with E-state index in [1.807, 2.05) is 26.8 Å². The second-order valence-electron chi connectivity index (χ2n) is 7.66. The molecule has 0 aromatic rings. The van der Waals surface area contributed by atoms with E-state index in [0.29, 0.717) is 13.1 Å². The molecule has 1 unspecified atom stereocenters. The van der Waals surface area contributed by atoms with E-state index in [1.54, 1.807) is 11.0 Å². The molecule has 3 rings (SSSR count). The molecule has 1 amide bonds. The van der Waals surface area contributed by atoms with Gasteiger partial charge in [-0.2, -0.15) is 0 Å². The molecule has 26 heavy (non-hydrogen) atoms. The molecular weight excluding hydrogens is 336 g/mol. The highest BCUT2D eigenvalue weighted by Crippen LogP contribution is 2.26. The Balaban J connectivity index is 1.60. The average Bonchev–Trinajstić information content (AvgIpc) is 2.85. The summed E-state index contributed by atoms with van der Waals surface area (Å²) in [6.07, 6.45) is 7.82. The number of nitro groups is 1. The van der Waals surface area contributed by atoms with E-state index in [1.165, 1.54) is 12.2 Å². The number of aliphatic imine (C=N–C) groups is 1. The molecule has 1 fully saturated rings. The molecule has 0 saturated carbocycles. The fourth-order valence-electron chi connectivity index (χ4n) is 3.19. The van der Waals surface area contributed by atoms with Crippen molar-refractivity contribution in [3.05, 3.63) is 45.8 Å². The molecule has 8 heteroatoms. The maximum atomic E-state index is 12.2. The highest BCUT2D eigenvalue weighted by atomic mass is 16.6. The standard InChI is InChI=1S/C18H24N4O4/c1-18(2,3)26-17(23)21-9-7-12(8-10-21)16-19-14-6-4-5-13(22(24)25)11-15(14)20-16/h4-6,11-12,14H,7-10H2,1-3H3,(H,19,20). The number of hydrogen-bond donors (Lipinski definition) is 1. The van der Waals surface area contributed by atoms with Crippen molar-refractivity contribution in [3.63, 3.8) is 0 Å². The zero-order valence-corrected chi connectivity index (χ0v) is 15.3. The molecule has 0 bridgehead atoms. The Hall–Kier alpha value is -2.64. The molecule has 0 aromatic carbocycles. The predicted octanol–water partition coefficient (Wildman–Crippen LogP) is 2.62. The van der Waals surface area contributed by atoms with Gasteiger partial charge < -0.3 is 15.0 Å². The minimum Gasteiger partial charge on any atom is -0.444 e. The number of amidine groups is 1. The van der Waals surface area contributed by atoms with Gasteiger partial charge in [0.15, 0.2) is 0 Å². The third-order valence-corrected chi connectivity index (χ3v) is 4.48. The van der Waals surface area contributed by atoms with Gasteiger partial charge in [0.25, 0.3) is 5.70 Å². The lowest BCUT2D eigenvalue weighted by atomic mass is 9.96. The van der Waals surface area contributed by atoms with Gasteiger partial charge in [-0.15, -0.1) is 0 Å². The number of carbonyl (C=O) groups excluding carboxylic acids is 1. The Morgan fingerprint density at radius 3 is 2.69 bits per heavy atom. The zero-order chi connectivity index (χ0) is 18.9. The van der Waals surface area contributed by atoms with E-state index < -0.39 is 10.5 Å². The first-order chi connectivity index (χ1) is 12.2. The van der Waals surface area contributed by atoms with Gasteiger partial charge in [0.2, 0.25) is 0 Å². The van der Waals surface area contributed by atoms with Crippen LogP contribution in [0.15, 0.2) is 40.7 Å². The number of amides is 1. The molecular formula is C18H24N4O4. The van der Waals surface area contributed by atoms with Crippen LogP contribution in [0.2, 0.25) is 0 Å². The number of nitrogens with one attached hydrogen (secondary N) is 1. The van der Waals surface area contributed by atoms with Crippen molar-refractivity contribution in [3.8, 4) is 0 Å². The maximum absolute atomic E-state index is 12.2. The van der Waals surface area contributed by atoms with Crippen LogP contribution in [0.3, 0.4) is 0 Å². The smallest absolute Gasteiger partial charge is 0.410 e. The van der Waals surface area contributed by atoms with E-state index in [-0.39, 0.29) is 23.8 Å². The summed E-state index contributed by atoms with van der Waals surface area (Å²) in [4.78, 5) is 29.2. The van der Waals surface area contributed by atoms with Crippen LogP contribution in [-0.4, -0.2) is 46.5 Å². The van der Waals surface area contributed by atoms with Crippen LogP contribution in [0.5, 0.6) is 0 Å². The molecule has 2 aliphatic heterocycles. The molecule has 3 aliphatic rings. The summed E-state index contributed by atoms with van der Waals surface area (Å²) >= 11 is 0. The Morgan fingerprint density at radius 1 is 1.38 bits per heavy atom. The van der Waals surface area contributed by atoms with Crippen molar-refractivity contribution < 1.29 is 14.5 Å². The Kier molecular flexibility index (Phi) is 4.84. The molecule has 0 aromatic heterocycles. The van der Waals surface area contributed by atoms with E-state index in [9.17, 15) is 14.9 Å². The lowest BCUT2D eigenvalue weighted by molar-refractivity contribution is -0.419. The van der Waals surface area contributed by atoms with Crippen molar-refractivity contribution in [1.82, 2.24) is 10.2 Å². The van der Waals surface area contributed by atoms with Crippen molar-refractivity contribution in [2.75, 3.05) is 13.1 Å². The van der Waals surface area contributed by atoms with E-state index in [4.69, 9.17) is 4.74 Å². The Morgan fingerprint density at radius 2 is 2.08 bits per heavy atom. The fourth-order valence-corrected chi connectivity index (χ4v) is 3.19. The van der Waals surface area contributed by atoms with Gasteiger partial charge >= 0.3 is 6.09 Å². The number of fused-ring (bicyclic) bond motifs is 1. The van der Waals surface area contributed by atoms with Crippen molar-refractivity contribution in [2.45, 2.75) is 45.3 Å². The number of rotatable bonds is 2. The van der Waals surface area contributed by atoms with E-state index >= 15 is 0 Å². The molecule has 8 nitrogen and oxygen atoms in total. The van der Waals surface area contributed by atoms with Gasteiger partial charge in [-0.05, 0) is 33.6 Å². The van der Waals surface area contributed by atoms with Crippen LogP contribution in [0, 0.1) is 16.0 Å². The van der Waals surface area contributed by atoms with Gasteiger partial charge in [0.05, 0.1) is 10.6 Å².